The van der Waals surface area contributed by atoms with Crippen LogP contribution in [0.2, 0.25) is 0 Å². The number of nitrogens with one attached hydrogen (secondary N) is 2. The lowest BCUT2D eigenvalue weighted by atomic mass is 10.2. The summed E-state index contributed by atoms with van der Waals surface area (Å²) in [4.78, 5) is 4.54. The Kier molecular flexibility index (Phi) is 12.8. The van der Waals surface area contributed by atoms with Gasteiger partial charge in [0.15, 0.2) is 5.96 Å². The average Bonchev–Trinajstić information content (AvgIpc) is 2.61. The summed E-state index contributed by atoms with van der Waals surface area (Å²) in [5.41, 5.74) is 1.23. The number of benzene rings is 1. The molecular weight excluding hydrogens is 302 g/mol. The number of unbranched alkanes of at least 4 members (excludes halogenated alkanes) is 1. The van der Waals surface area contributed by atoms with Gasteiger partial charge in [-0.1, -0.05) is 30.3 Å². The van der Waals surface area contributed by atoms with Gasteiger partial charge in [-0.05, 0) is 38.7 Å². The molecule has 0 fully saturated rings. The first-order chi connectivity index (χ1) is 11.9. The number of nitrogens with zero attached hydrogens (tertiary/aromatic N) is 1. The predicted molar refractivity (Wildman–Crippen MR) is 100 cm³/mol. The first kappa shape index (κ1) is 20.5. The van der Waals surface area contributed by atoms with Crippen LogP contribution in [0.25, 0.3) is 0 Å². The van der Waals surface area contributed by atoms with Crippen LogP contribution in [-0.2, 0) is 16.1 Å². The fourth-order valence-electron chi connectivity index (χ4n) is 2.14. The van der Waals surface area contributed by atoms with Crippen molar-refractivity contribution in [2.24, 2.45) is 4.99 Å². The van der Waals surface area contributed by atoms with Gasteiger partial charge in [-0.3, -0.25) is 4.99 Å². The third-order valence-electron chi connectivity index (χ3n) is 3.38. The Morgan fingerprint density at radius 1 is 0.958 bits per heavy atom. The maximum absolute atomic E-state index is 5.69. The zero-order valence-corrected chi connectivity index (χ0v) is 15.2. The van der Waals surface area contributed by atoms with Crippen LogP contribution in [0, 0.1) is 0 Å². The number of hydrogen-bond donors (Lipinski definition) is 2. The lowest BCUT2D eigenvalue weighted by Gasteiger charge is -2.11. The number of ether oxygens (including phenoxy) is 2. The second-order valence-corrected chi connectivity index (χ2v) is 5.48. The fraction of sp³-hybridized carbons (Fsp3) is 0.632. The van der Waals surface area contributed by atoms with Gasteiger partial charge >= 0.3 is 0 Å². The Bertz CT molecular complexity index is 424. The van der Waals surface area contributed by atoms with Crippen LogP contribution < -0.4 is 10.6 Å². The van der Waals surface area contributed by atoms with E-state index in [0.717, 1.165) is 64.7 Å². The van der Waals surface area contributed by atoms with E-state index in [9.17, 15) is 0 Å². The van der Waals surface area contributed by atoms with Gasteiger partial charge in [0.05, 0.1) is 6.61 Å². The fourth-order valence-corrected chi connectivity index (χ4v) is 2.14. The third-order valence-corrected chi connectivity index (χ3v) is 3.38. The second kappa shape index (κ2) is 15.0. The molecule has 0 radical (unpaired) electrons. The highest BCUT2D eigenvalue weighted by molar-refractivity contribution is 5.79. The molecule has 5 heteroatoms. The van der Waals surface area contributed by atoms with E-state index < -0.39 is 0 Å². The number of aliphatic imine (C=N–C) groups is 1. The molecule has 1 aromatic rings. The lowest BCUT2D eigenvalue weighted by Crippen LogP contribution is -2.38. The molecule has 2 N–H and O–H groups in total. The SMILES string of the molecule is CCNC(=NCCCOCC)NCCCCOCc1ccccc1. The van der Waals surface area contributed by atoms with Gasteiger partial charge < -0.3 is 20.1 Å². The van der Waals surface area contributed by atoms with E-state index >= 15 is 0 Å². The van der Waals surface area contributed by atoms with Crippen molar-refractivity contribution in [1.82, 2.24) is 10.6 Å². The monoisotopic (exact) mass is 335 g/mol. The largest absolute Gasteiger partial charge is 0.382 e. The summed E-state index contributed by atoms with van der Waals surface area (Å²) in [5.74, 6) is 0.888. The Labute approximate surface area is 146 Å². The minimum atomic E-state index is 0.693. The quantitative estimate of drug-likeness (QED) is 0.331. The average molecular weight is 335 g/mol. The van der Waals surface area contributed by atoms with E-state index in [1.54, 1.807) is 0 Å². The number of rotatable bonds is 13. The first-order valence-corrected chi connectivity index (χ1v) is 9.08. The Balaban J connectivity index is 2.04. The van der Waals surface area contributed by atoms with E-state index in [1.807, 2.05) is 25.1 Å². The Morgan fingerprint density at radius 3 is 2.50 bits per heavy atom. The molecule has 0 amide bonds. The Morgan fingerprint density at radius 2 is 1.75 bits per heavy atom. The summed E-state index contributed by atoms with van der Waals surface area (Å²) in [7, 11) is 0. The van der Waals surface area contributed by atoms with Crippen LogP contribution in [0.5, 0.6) is 0 Å². The van der Waals surface area contributed by atoms with Gasteiger partial charge in [0.25, 0.3) is 0 Å². The van der Waals surface area contributed by atoms with E-state index in [1.165, 1.54) is 5.56 Å². The molecule has 1 rings (SSSR count). The van der Waals surface area contributed by atoms with Crippen molar-refractivity contribution in [3.63, 3.8) is 0 Å². The highest BCUT2D eigenvalue weighted by Crippen LogP contribution is 2.01. The van der Waals surface area contributed by atoms with Crippen molar-refractivity contribution >= 4 is 5.96 Å². The topological polar surface area (TPSA) is 54.9 Å². The normalized spacial score (nSPS) is 11.5. The molecule has 1 aromatic carbocycles. The van der Waals surface area contributed by atoms with Crippen LogP contribution in [-0.4, -0.2) is 45.4 Å². The molecule has 0 aliphatic heterocycles. The van der Waals surface area contributed by atoms with Crippen molar-refractivity contribution in [3.8, 4) is 0 Å². The molecule has 0 heterocycles. The molecular formula is C19H33N3O2. The van der Waals surface area contributed by atoms with Crippen molar-refractivity contribution in [2.75, 3.05) is 39.5 Å². The molecule has 0 saturated heterocycles. The van der Waals surface area contributed by atoms with E-state index in [2.05, 4.69) is 34.7 Å². The van der Waals surface area contributed by atoms with Crippen molar-refractivity contribution < 1.29 is 9.47 Å². The zero-order valence-electron chi connectivity index (χ0n) is 15.2. The summed E-state index contributed by atoms with van der Waals surface area (Å²) >= 11 is 0. The molecule has 0 atom stereocenters. The number of guanidine groups is 1. The summed E-state index contributed by atoms with van der Waals surface area (Å²) in [6.07, 6.45) is 3.07. The number of hydrogen-bond acceptors (Lipinski definition) is 3. The van der Waals surface area contributed by atoms with Crippen LogP contribution in [0.4, 0.5) is 0 Å². The van der Waals surface area contributed by atoms with Gasteiger partial charge in [-0.2, -0.15) is 0 Å². The summed E-state index contributed by atoms with van der Waals surface area (Å²) in [6.45, 7) is 9.69. The third kappa shape index (κ3) is 11.0. The first-order valence-electron chi connectivity index (χ1n) is 9.08. The molecule has 0 bridgehead atoms. The van der Waals surface area contributed by atoms with Gasteiger partial charge in [-0.15, -0.1) is 0 Å². The maximum atomic E-state index is 5.69. The van der Waals surface area contributed by atoms with E-state index in [0.29, 0.717) is 6.61 Å². The van der Waals surface area contributed by atoms with Crippen molar-refractivity contribution in [3.05, 3.63) is 35.9 Å². The highest BCUT2D eigenvalue weighted by Gasteiger charge is 1.97. The highest BCUT2D eigenvalue weighted by atomic mass is 16.5. The van der Waals surface area contributed by atoms with Gasteiger partial charge in [-0.25, -0.2) is 0 Å². The minimum Gasteiger partial charge on any atom is -0.382 e. The van der Waals surface area contributed by atoms with Gasteiger partial charge in [0.1, 0.15) is 0 Å². The second-order valence-electron chi connectivity index (χ2n) is 5.48. The van der Waals surface area contributed by atoms with Crippen LogP contribution in [0.3, 0.4) is 0 Å². The molecule has 0 aliphatic carbocycles. The van der Waals surface area contributed by atoms with Gasteiger partial charge in [0.2, 0.25) is 0 Å². The van der Waals surface area contributed by atoms with Crippen LogP contribution >= 0.6 is 0 Å². The summed E-state index contributed by atoms with van der Waals surface area (Å²) < 4.78 is 11.0. The van der Waals surface area contributed by atoms with Crippen LogP contribution in [0.15, 0.2) is 35.3 Å². The molecule has 136 valence electrons. The molecule has 0 saturated carbocycles. The van der Waals surface area contributed by atoms with Crippen LogP contribution in [0.1, 0.15) is 38.7 Å². The minimum absolute atomic E-state index is 0.693. The predicted octanol–water partition coefficient (Wildman–Crippen LogP) is 2.97. The maximum Gasteiger partial charge on any atom is 0.191 e. The van der Waals surface area contributed by atoms with Gasteiger partial charge in [0, 0.05) is 39.5 Å². The lowest BCUT2D eigenvalue weighted by molar-refractivity contribution is 0.117. The molecule has 0 aliphatic rings. The Hall–Kier alpha value is -1.59. The molecule has 24 heavy (non-hydrogen) atoms. The standard InChI is InChI=1S/C19H33N3O2/c1-3-20-19(22-14-10-16-23-4-2)21-13-8-9-15-24-17-18-11-6-5-7-12-18/h5-7,11-12H,3-4,8-10,13-17H2,1-2H3,(H2,20,21,22). The summed E-state index contributed by atoms with van der Waals surface area (Å²) in [6, 6.07) is 10.3. The van der Waals surface area contributed by atoms with Crippen molar-refractivity contribution in [2.45, 2.75) is 39.7 Å². The van der Waals surface area contributed by atoms with Crippen molar-refractivity contribution in [1.29, 1.82) is 0 Å². The van der Waals surface area contributed by atoms with E-state index in [-0.39, 0.29) is 0 Å². The molecule has 0 unspecified atom stereocenters. The molecule has 0 spiro atoms. The smallest absolute Gasteiger partial charge is 0.191 e. The zero-order chi connectivity index (χ0) is 17.3. The molecule has 0 aromatic heterocycles. The van der Waals surface area contributed by atoms with E-state index in [4.69, 9.17) is 9.47 Å². The molecule has 5 nitrogen and oxygen atoms in total. The summed E-state index contributed by atoms with van der Waals surface area (Å²) in [5, 5.41) is 6.63.